The lowest BCUT2D eigenvalue weighted by Crippen LogP contribution is -2.28. The van der Waals surface area contributed by atoms with E-state index >= 15 is 0 Å². The molecule has 8 heteroatoms. The van der Waals surface area contributed by atoms with Crippen LogP contribution in [0, 0.1) is 0 Å². The van der Waals surface area contributed by atoms with Gasteiger partial charge in [0.05, 0.1) is 0 Å². The van der Waals surface area contributed by atoms with E-state index in [1.807, 2.05) is 19.0 Å². The molecule has 0 amide bonds. The van der Waals surface area contributed by atoms with E-state index < -0.39 is 22.5 Å². The van der Waals surface area contributed by atoms with E-state index in [0.29, 0.717) is 13.0 Å². The predicted molar refractivity (Wildman–Crippen MR) is 56.2 cm³/mol. The van der Waals surface area contributed by atoms with Crippen molar-refractivity contribution in [3.8, 4) is 0 Å². The van der Waals surface area contributed by atoms with E-state index in [1.165, 1.54) is 6.92 Å². The summed E-state index contributed by atoms with van der Waals surface area (Å²) in [4.78, 5) is 12.6. The van der Waals surface area contributed by atoms with E-state index in [1.54, 1.807) is 0 Å². The Bertz CT molecular complexity index is 312. The van der Waals surface area contributed by atoms with Gasteiger partial charge in [-0.1, -0.05) is 0 Å². The van der Waals surface area contributed by atoms with Crippen LogP contribution < -0.4 is 0 Å². The van der Waals surface area contributed by atoms with Crippen LogP contribution in [-0.4, -0.2) is 57.2 Å². The molecule has 16 heavy (non-hydrogen) atoms. The smallest absolute Gasteiger partial charge is 0.397 e. The van der Waals surface area contributed by atoms with Crippen LogP contribution in [0.2, 0.25) is 0 Å². The highest BCUT2D eigenvalue weighted by Crippen LogP contribution is 2.03. The normalized spacial score (nSPS) is 13.8. The van der Waals surface area contributed by atoms with Crippen LogP contribution in [-0.2, 0) is 24.1 Å². The Kier molecular flexibility index (Phi) is 6.49. The highest BCUT2D eigenvalue weighted by Gasteiger charge is 2.16. The van der Waals surface area contributed by atoms with Gasteiger partial charge < -0.3 is 9.64 Å². The molecule has 0 spiro atoms. The Morgan fingerprint density at radius 2 is 2.00 bits per heavy atom. The Balaban J connectivity index is 4.15. The van der Waals surface area contributed by atoms with Gasteiger partial charge in [-0.05, 0) is 20.5 Å². The molecule has 0 aromatic carbocycles. The summed E-state index contributed by atoms with van der Waals surface area (Å²) in [6.45, 7) is 1.44. The summed E-state index contributed by atoms with van der Waals surface area (Å²) in [6.07, 6.45) is -0.274. The number of carbonyl (C=O) groups is 1. The van der Waals surface area contributed by atoms with Crippen LogP contribution in [0.4, 0.5) is 0 Å². The lowest BCUT2D eigenvalue weighted by molar-refractivity contribution is -0.148. The molecule has 0 fully saturated rings. The highest BCUT2D eigenvalue weighted by molar-refractivity contribution is 7.80. The quantitative estimate of drug-likeness (QED) is 0.492. The van der Waals surface area contributed by atoms with Crippen LogP contribution >= 0.6 is 0 Å². The predicted octanol–water partition coefficient (Wildman–Crippen LogP) is -0.311. The number of hydrogen-bond donors (Lipinski definition) is 1. The number of ether oxygens (including phenoxy) is 1. The third kappa shape index (κ3) is 9.84. The largest absolute Gasteiger partial charge is 0.460 e. The topological polar surface area (TPSA) is 93.1 Å². The third-order valence-electron chi connectivity index (χ3n) is 1.63. The number of carbonyl (C=O) groups excluding carboxylic acids is 1. The minimum atomic E-state index is -4.50. The molecular weight excluding hydrogens is 238 g/mol. The van der Waals surface area contributed by atoms with Crippen LogP contribution in [0.15, 0.2) is 0 Å². The van der Waals surface area contributed by atoms with Crippen molar-refractivity contribution in [2.24, 2.45) is 0 Å². The van der Waals surface area contributed by atoms with Crippen molar-refractivity contribution in [3.63, 3.8) is 0 Å². The minimum Gasteiger partial charge on any atom is -0.460 e. The zero-order valence-electron chi connectivity index (χ0n) is 9.54. The standard InChI is InChI=1S/C8H17NO6S/c1-7(10)15-8(4-5-9(2)3)6-14-16(11,12)13/h8H,4-6H2,1-3H3,(H,11,12,13). The molecule has 0 bridgehead atoms. The van der Waals surface area contributed by atoms with Gasteiger partial charge in [-0.2, -0.15) is 8.42 Å². The monoisotopic (exact) mass is 255 g/mol. The average Bonchev–Trinajstić information content (AvgIpc) is 2.07. The maximum atomic E-state index is 10.7. The second-order valence-electron chi connectivity index (χ2n) is 3.54. The molecule has 0 aliphatic rings. The van der Waals surface area contributed by atoms with Gasteiger partial charge in [-0.3, -0.25) is 9.35 Å². The van der Waals surface area contributed by atoms with Crippen molar-refractivity contribution in [3.05, 3.63) is 0 Å². The van der Waals surface area contributed by atoms with E-state index in [0.717, 1.165) is 0 Å². The number of rotatable bonds is 7. The van der Waals surface area contributed by atoms with Crippen molar-refractivity contribution in [2.75, 3.05) is 27.2 Å². The summed E-state index contributed by atoms with van der Waals surface area (Å²) in [5, 5.41) is 0. The van der Waals surface area contributed by atoms with Gasteiger partial charge in [0, 0.05) is 13.5 Å². The third-order valence-corrected chi connectivity index (χ3v) is 2.07. The number of hydrogen-bond acceptors (Lipinski definition) is 6. The molecule has 1 unspecified atom stereocenters. The fourth-order valence-corrected chi connectivity index (χ4v) is 1.30. The van der Waals surface area contributed by atoms with Crippen LogP contribution in [0.3, 0.4) is 0 Å². The Hall–Kier alpha value is -0.700. The average molecular weight is 255 g/mol. The van der Waals surface area contributed by atoms with Gasteiger partial charge in [0.15, 0.2) is 0 Å². The van der Waals surface area contributed by atoms with Crippen molar-refractivity contribution in [2.45, 2.75) is 19.4 Å². The summed E-state index contributed by atoms with van der Waals surface area (Å²) in [5.41, 5.74) is 0. The molecule has 0 aliphatic heterocycles. The first-order valence-corrected chi connectivity index (χ1v) is 6.01. The summed E-state index contributed by atoms with van der Waals surface area (Å²) < 4.78 is 38.0. The summed E-state index contributed by atoms with van der Waals surface area (Å²) in [7, 11) is -0.843. The van der Waals surface area contributed by atoms with Crippen molar-refractivity contribution >= 4 is 16.4 Å². The SMILES string of the molecule is CC(=O)OC(CCN(C)C)COS(=O)(=O)O. The number of esters is 1. The second-order valence-corrected chi connectivity index (χ2v) is 4.63. The first kappa shape index (κ1) is 15.3. The zero-order valence-corrected chi connectivity index (χ0v) is 10.4. The Morgan fingerprint density at radius 1 is 1.44 bits per heavy atom. The molecule has 0 saturated heterocycles. The summed E-state index contributed by atoms with van der Waals surface area (Å²) >= 11 is 0. The Morgan fingerprint density at radius 3 is 2.38 bits per heavy atom. The summed E-state index contributed by atoms with van der Waals surface area (Å²) in [6, 6.07) is 0. The molecule has 96 valence electrons. The lowest BCUT2D eigenvalue weighted by atomic mass is 10.2. The molecule has 0 aromatic heterocycles. The van der Waals surface area contributed by atoms with Crippen molar-refractivity contribution < 1.29 is 26.7 Å². The fourth-order valence-electron chi connectivity index (χ4n) is 0.975. The van der Waals surface area contributed by atoms with Gasteiger partial charge in [-0.25, -0.2) is 4.18 Å². The van der Waals surface area contributed by atoms with Gasteiger partial charge in [0.25, 0.3) is 0 Å². The molecule has 0 aromatic rings. The molecular formula is C8H17NO6S. The molecule has 0 radical (unpaired) electrons. The minimum absolute atomic E-state index is 0.383. The molecule has 1 N–H and O–H groups in total. The summed E-state index contributed by atoms with van der Waals surface area (Å²) in [5.74, 6) is -0.525. The maximum absolute atomic E-state index is 10.7. The number of nitrogens with zero attached hydrogens (tertiary/aromatic N) is 1. The molecule has 0 heterocycles. The van der Waals surface area contributed by atoms with Crippen molar-refractivity contribution in [1.82, 2.24) is 4.90 Å². The van der Waals surface area contributed by atoms with Crippen LogP contribution in [0.1, 0.15) is 13.3 Å². The second kappa shape index (κ2) is 6.79. The molecule has 0 rings (SSSR count). The first-order valence-electron chi connectivity index (χ1n) is 4.64. The molecule has 0 saturated carbocycles. The Labute approximate surface area is 95.3 Å². The van der Waals surface area contributed by atoms with Gasteiger partial charge in [0.2, 0.25) is 0 Å². The van der Waals surface area contributed by atoms with E-state index in [-0.39, 0.29) is 6.61 Å². The highest BCUT2D eigenvalue weighted by atomic mass is 32.3. The maximum Gasteiger partial charge on any atom is 0.397 e. The van der Waals surface area contributed by atoms with Gasteiger partial charge in [-0.15, -0.1) is 0 Å². The van der Waals surface area contributed by atoms with E-state index in [4.69, 9.17) is 9.29 Å². The lowest BCUT2D eigenvalue weighted by Gasteiger charge is -2.18. The molecule has 7 nitrogen and oxygen atoms in total. The van der Waals surface area contributed by atoms with Gasteiger partial charge in [0.1, 0.15) is 12.7 Å². The van der Waals surface area contributed by atoms with Crippen molar-refractivity contribution in [1.29, 1.82) is 0 Å². The van der Waals surface area contributed by atoms with E-state index in [2.05, 4.69) is 4.18 Å². The molecule has 1 atom stereocenters. The first-order chi connectivity index (χ1) is 7.20. The van der Waals surface area contributed by atoms with Gasteiger partial charge >= 0.3 is 16.4 Å². The van der Waals surface area contributed by atoms with E-state index in [9.17, 15) is 13.2 Å². The molecule has 0 aliphatic carbocycles. The van der Waals surface area contributed by atoms with Crippen LogP contribution in [0.25, 0.3) is 0 Å². The zero-order chi connectivity index (χ0) is 12.8. The van der Waals surface area contributed by atoms with Crippen LogP contribution in [0.5, 0.6) is 0 Å². The fraction of sp³-hybridized carbons (Fsp3) is 0.875.